The molecule has 0 fully saturated rings. The first-order valence-corrected chi connectivity index (χ1v) is 11.1. The second-order valence-electron chi connectivity index (χ2n) is 7.19. The predicted octanol–water partition coefficient (Wildman–Crippen LogP) is 4.58. The molecule has 0 unspecified atom stereocenters. The number of ether oxygens (including phenoxy) is 3. The number of nitriles is 1. The van der Waals surface area contributed by atoms with Gasteiger partial charge in [0.25, 0.3) is 0 Å². The number of esters is 1. The molecule has 0 spiro atoms. The van der Waals surface area contributed by atoms with Crippen LogP contribution in [0.25, 0.3) is 6.08 Å². The van der Waals surface area contributed by atoms with Gasteiger partial charge in [-0.05, 0) is 55.8 Å². The predicted molar refractivity (Wildman–Crippen MR) is 122 cm³/mol. The van der Waals surface area contributed by atoms with Crippen LogP contribution >= 0.6 is 11.3 Å². The lowest BCUT2D eigenvalue weighted by molar-refractivity contribution is -0.139. The summed E-state index contributed by atoms with van der Waals surface area (Å²) in [5, 5.41) is 11.9. The molecule has 33 heavy (non-hydrogen) atoms. The van der Waals surface area contributed by atoms with Crippen LogP contribution in [0.15, 0.2) is 41.3 Å². The van der Waals surface area contributed by atoms with Crippen molar-refractivity contribution < 1.29 is 23.4 Å². The van der Waals surface area contributed by atoms with Gasteiger partial charge in [0.1, 0.15) is 41.4 Å². The van der Waals surface area contributed by atoms with E-state index in [1.807, 2.05) is 26.0 Å². The Kier molecular flexibility index (Phi) is 8.35. The number of methoxy groups -OCH3 is 1. The first-order chi connectivity index (χ1) is 15.9. The van der Waals surface area contributed by atoms with Crippen LogP contribution in [-0.2, 0) is 34.0 Å². The molecule has 0 N–H and O–H groups in total. The average Bonchev–Trinajstić information content (AvgIpc) is 3.37. The second kappa shape index (κ2) is 11.4. The van der Waals surface area contributed by atoms with E-state index in [0.29, 0.717) is 29.6 Å². The van der Waals surface area contributed by atoms with E-state index < -0.39 is 5.97 Å². The molecule has 3 aromatic rings. The van der Waals surface area contributed by atoms with E-state index in [-0.39, 0.29) is 24.6 Å². The smallest absolute Gasteiger partial charge is 0.349 e. The number of aryl methyl sites for hydroxylation is 1. The Morgan fingerprint density at radius 1 is 1.27 bits per heavy atom. The molecule has 0 bridgehead atoms. The maximum Gasteiger partial charge on any atom is 0.349 e. The van der Waals surface area contributed by atoms with Crippen molar-refractivity contribution in [2.24, 2.45) is 0 Å². The van der Waals surface area contributed by atoms with Crippen molar-refractivity contribution in [1.82, 2.24) is 9.55 Å². The van der Waals surface area contributed by atoms with Crippen molar-refractivity contribution in [3.8, 4) is 11.8 Å². The topological polar surface area (TPSA) is 86.4 Å². The van der Waals surface area contributed by atoms with E-state index in [4.69, 9.17) is 14.2 Å². The van der Waals surface area contributed by atoms with E-state index in [1.54, 1.807) is 12.5 Å². The molecule has 0 aliphatic rings. The fourth-order valence-electron chi connectivity index (χ4n) is 3.17. The van der Waals surface area contributed by atoms with Gasteiger partial charge in [0.2, 0.25) is 0 Å². The zero-order chi connectivity index (χ0) is 23.8. The van der Waals surface area contributed by atoms with Gasteiger partial charge in [-0.25, -0.2) is 14.2 Å². The van der Waals surface area contributed by atoms with Crippen LogP contribution in [0.4, 0.5) is 4.39 Å². The largest absolute Gasteiger partial charge is 0.486 e. The molecule has 0 saturated heterocycles. The highest BCUT2D eigenvalue weighted by Crippen LogP contribution is 2.20. The monoisotopic (exact) mass is 469 g/mol. The Balaban J connectivity index is 1.58. The normalized spacial score (nSPS) is 11.3. The van der Waals surface area contributed by atoms with Gasteiger partial charge in [-0.15, -0.1) is 11.3 Å². The van der Waals surface area contributed by atoms with Gasteiger partial charge >= 0.3 is 5.97 Å². The van der Waals surface area contributed by atoms with Crippen molar-refractivity contribution >= 4 is 23.4 Å². The highest BCUT2D eigenvalue weighted by atomic mass is 32.1. The quantitative estimate of drug-likeness (QED) is 0.246. The van der Waals surface area contributed by atoms with Gasteiger partial charge in [0.05, 0.1) is 12.3 Å². The summed E-state index contributed by atoms with van der Waals surface area (Å²) >= 11 is 1.36. The third-order valence-corrected chi connectivity index (χ3v) is 5.77. The van der Waals surface area contributed by atoms with Gasteiger partial charge in [0, 0.05) is 30.4 Å². The van der Waals surface area contributed by atoms with Crippen molar-refractivity contribution in [3.05, 3.63) is 74.8 Å². The summed E-state index contributed by atoms with van der Waals surface area (Å²) in [6.07, 6.45) is 1.54. The summed E-state index contributed by atoms with van der Waals surface area (Å²) in [6, 6.07) is 9.56. The molecular weight excluding hydrogens is 445 g/mol. The summed E-state index contributed by atoms with van der Waals surface area (Å²) in [4.78, 5) is 16.8. The molecule has 2 heterocycles. The molecule has 9 heteroatoms. The zero-order valence-corrected chi connectivity index (χ0v) is 19.4. The van der Waals surface area contributed by atoms with Crippen LogP contribution in [-0.4, -0.2) is 29.2 Å². The Morgan fingerprint density at radius 2 is 2.03 bits per heavy atom. The second-order valence-corrected chi connectivity index (χ2v) is 8.13. The van der Waals surface area contributed by atoms with E-state index in [1.165, 1.54) is 41.7 Å². The summed E-state index contributed by atoms with van der Waals surface area (Å²) in [5.74, 6) is -0.512. The maximum absolute atomic E-state index is 13.0. The Morgan fingerprint density at radius 3 is 2.73 bits per heavy atom. The van der Waals surface area contributed by atoms with Crippen LogP contribution in [0, 0.1) is 31.0 Å². The fraction of sp³-hybridized carbons (Fsp3) is 0.292. The number of carbonyl (C=O) groups is 1. The van der Waals surface area contributed by atoms with Gasteiger partial charge in [-0.1, -0.05) is 0 Å². The van der Waals surface area contributed by atoms with Gasteiger partial charge in [0.15, 0.2) is 0 Å². The fourth-order valence-corrected chi connectivity index (χ4v) is 3.86. The first-order valence-electron chi connectivity index (χ1n) is 10.2. The van der Waals surface area contributed by atoms with E-state index in [2.05, 4.69) is 9.55 Å². The van der Waals surface area contributed by atoms with Crippen LogP contribution < -0.4 is 4.74 Å². The number of carbonyl (C=O) groups excluding carboxylic acids is 1. The number of aromatic nitrogens is 2. The molecule has 2 aromatic heterocycles. The first kappa shape index (κ1) is 24.2. The van der Waals surface area contributed by atoms with Crippen LogP contribution in [0.5, 0.6) is 5.75 Å². The van der Waals surface area contributed by atoms with Gasteiger partial charge in [-0.3, -0.25) is 0 Å². The molecule has 0 atom stereocenters. The standard InChI is InChI=1S/C24H24FN3O4S/c1-16-10-18(17(2)28(16)8-9-30-3)11-19(12-26)24(29)32-13-21-15-33-23(27-21)14-31-22-6-4-20(25)5-7-22/h4-7,10-11,15H,8-9,13-14H2,1-3H3/b19-11+. The summed E-state index contributed by atoms with van der Waals surface area (Å²) in [5.41, 5.74) is 3.21. The van der Waals surface area contributed by atoms with E-state index in [0.717, 1.165) is 17.0 Å². The number of hydrogen-bond donors (Lipinski definition) is 0. The maximum atomic E-state index is 13.0. The summed E-state index contributed by atoms with van der Waals surface area (Å²) in [7, 11) is 1.64. The number of rotatable bonds is 10. The molecule has 0 saturated carbocycles. The average molecular weight is 470 g/mol. The lowest BCUT2D eigenvalue weighted by atomic mass is 10.1. The highest BCUT2D eigenvalue weighted by Gasteiger charge is 2.15. The van der Waals surface area contributed by atoms with Crippen LogP contribution in [0.2, 0.25) is 0 Å². The van der Waals surface area contributed by atoms with Gasteiger partial charge < -0.3 is 18.8 Å². The lowest BCUT2D eigenvalue weighted by Gasteiger charge is -2.08. The van der Waals surface area contributed by atoms with Crippen molar-refractivity contribution in [3.63, 3.8) is 0 Å². The lowest BCUT2D eigenvalue weighted by Crippen LogP contribution is -2.08. The SMILES string of the molecule is COCCn1c(C)cc(/C=C(\C#N)C(=O)OCc2csc(COc3ccc(F)cc3)n2)c1C. The highest BCUT2D eigenvalue weighted by molar-refractivity contribution is 7.09. The Hall–Kier alpha value is -3.48. The number of thiazole rings is 1. The van der Waals surface area contributed by atoms with Crippen molar-refractivity contribution in [1.29, 1.82) is 5.26 Å². The van der Waals surface area contributed by atoms with Gasteiger partial charge in [-0.2, -0.15) is 5.26 Å². The molecule has 0 aliphatic heterocycles. The molecule has 0 amide bonds. The molecule has 0 aliphatic carbocycles. The molecule has 0 radical (unpaired) electrons. The third-order valence-electron chi connectivity index (χ3n) is 4.90. The van der Waals surface area contributed by atoms with Crippen molar-refractivity contribution in [2.75, 3.05) is 13.7 Å². The molecular formula is C24H24FN3O4S. The molecule has 7 nitrogen and oxygen atoms in total. The van der Waals surface area contributed by atoms with E-state index in [9.17, 15) is 14.4 Å². The zero-order valence-electron chi connectivity index (χ0n) is 18.6. The summed E-state index contributed by atoms with van der Waals surface area (Å²) < 4.78 is 31.0. The third kappa shape index (κ3) is 6.51. The minimum Gasteiger partial charge on any atom is -0.486 e. The molecule has 1 aromatic carbocycles. The van der Waals surface area contributed by atoms with E-state index >= 15 is 0 Å². The Bertz CT molecular complexity index is 1180. The van der Waals surface area contributed by atoms with Crippen LogP contribution in [0.3, 0.4) is 0 Å². The van der Waals surface area contributed by atoms with Crippen molar-refractivity contribution in [2.45, 2.75) is 33.6 Å². The number of halogens is 1. The number of hydrogen-bond acceptors (Lipinski definition) is 7. The number of nitrogens with zero attached hydrogens (tertiary/aromatic N) is 3. The Labute approximate surface area is 195 Å². The molecule has 3 rings (SSSR count). The number of benzene rings is 1. The summed E-state index contributed by atoms with van der Waals surface area (Å²) in [6.45, 7) is 5.30. The minimum absolute atomic E-state index is 0.0578. The van der Waals surface area contributed by atoms with Crippen LogP contribution in [0.1, 0.15) is 27.7 Å². The molecule has 172 valence electrons. The minimum atomic E-state index is -0.712.